The van der Waals surface area contributed by atoms with Crippen LogP contribution in [0.4, 0.5) is 5.82 Å². The van der Waals surface area contributed by atoms with Gasteiger partial charge in [-0.1, -0.05) is 47.4 Å². The highest BCUT2D eigenvalue weighted by atomic mass is 127. The van der Waals surface area contributed by atoms with Crippen molar-refractivity contribution in [2.45, 2.75) is 0 Å². The molecule has 2 aromatic rings. The van der Waals surface area contributed by atoms with Crippen LogP contribution in [0.1, 0.15) is 0 Å². The largest absolute Gasteiger partial charge is 0.363 e. The normalized spacial score (nSPS) is 10.0. The predicted octanol–water partition coefficient (Wildman–Crippen LogP) is 3.32. The van der Waals surface area contributed by atoms with Crippen LogP contribution >= 0.6 is 22.6 Å². The van der Waals surface area contributed by atoms with E-state index in [0.29, 0.717) is 5.82 Å². The summed E-state index contributed by atoms with van der Waals surface area (Å²) < 4.78 is 1.01. The van der Waals surface area contributed by atoms with Crippen molar-refractivity contribution in [1.29, 1.82) is 0 Å². The first-order valence-corrected chi connectivity index (χ1v) is 4.54. The van der Waals surface area contributed by atoms with E-state index in [4.69, 9.17) is 6.57 Å². The number of aromatic nitrogens is 1. The molecule has 0 bridgehead atoms. The van der Waals surface area contributed by atoms with Gasteiger partial charge in [-0.15, -0.1) is 0 Å². The first-order valence-electron chi connectivity index (χ1n) is 3.46. The fourth-order valence-corrected chi connectivity index (χ4v) is 1.90. The highest BCUT2D eigenvalue weighted by Gasteiger charge is 2.07. The highest BCUT2D eigenvalue weighted by molar-refractivity contribution is 14.1. The predicted molar refractivity (Wildman–Crippen MR) is 57.3 cm³/mol. The first-order chi connectivity index (χ1) is 5.83. The third-order valence-corrected chi connectivity index (χ3v) is 2.83. The Balaban J connectivity index is 2.90. The van der Waals surface area contributed by atoms with Crippen LogP contribution in [0, 0.1) is 10.1 Å². The van der Waals surface area contributed by atoms with Crippen LogP contribution in [0.3, 0.4) is 0 Å². The Bertz CT molecular complexity index is 465. The number of H-pyrrole nitrogens is 1. The zero-order valence-corrected chi connectivity index (χ0v) is 8.29. The average Bonchev–Trinajstić information content (AvgIpc) is 2.44. The summed E-state index contributed by atoms with van der Waals surface area (Å²) in [5.74, 6) is 0.636. The maximum atomic E-state index is 6.91. The minimum absolute atomic E-state index is 0.636. The van der Waals surface area contributed by atoms with Crippen molar-refractivity contribution < 1.29 is 0 Å². The molecule has 2 nitrogen and oxygen atoms in total. The SMILES string of the molecule is [C-]#[N+]c1[nH]c2ccccc2c1I. The molecule has 0 spiro atoms. The van der Waals surface area contributed by atoms with E-state index in [1.54, 1.807) is 0 Å². The second-order valence-corrected chi connectivity index (χ2v) is 3.52. The van der Waals surface area contributed by atoms with E-state index in [9.17, 15) is 0 Å². The van der Waals surface area contributed by atoms with Gasteiger partial charge in [0, 0.05) is 8.96 Å². The van der Waals surface area contributed by atoms with Gasteiger partial charge in [0.25, 0.3) is 0 Å². The number of rotatable bonds is 0. The van der Waals surface area contributed by atoms with Gasteiger partial charge in [0.2, 0.25) is 5.82 Å². The van der Waals surface area contributed by atoms with Crippen molar-refractivity contribution >= 4 is 39.3 Å². The minimum Gasteiger partial charge on any atom is -0.363 e. The van der Waals surface area contributed by atoms with Gasteiger partial charge in [0.15, 0.2) is 0 Å². The Hall–Kier alpha value is -1.02. The van der Waals surface area contributed by atoms with Crippen LogP contribution in [0.15, 0.2) is 24.3 Å². The van der Waals surface area contributed by atoms with E-state index in [1.165, 1.54) is 0 Å². The lowest BCUT2D eigenvalue weighted by Gasteiger charge is -1.85. The Labute approximate surface area is 83.6 Å². The van der Waals surface area contributed by atoms with Gasteiger partial charge in [-0.3, -0.25) is 0 Å². The van der Waals surface area contributed by atoms with Gasteiger partial charge in [0.05, 0.1) is 0 Å². The molecule has 0 saturated heterocycles. The van der Waals surface area contributed by atoms with Gasteiger partial charge in [-0.05, 0) is 6.07 Å². The second kappa shape index (κ2) is 2.79. The zero-order valence-electron chi connectivity index (χ0n) is 6.13. The van der Waals surface area contributed by atoms with E-state index in [1.807, 2.05) is 24.3 Å². The van der Waals surface area contributed by atoms with Crippen molar-refractivity contribution in [3.63, 3.8) is 0 Å². The zero-order chi connectivity index (χ0) is 8.55. The average molecular weight is 268 g/mol. The first kappa shape index (κ1) is 7.62. The fraction of sp³-hybridized carbons (Fsp3) is 0. The smallest absolute Gasteiger partial charge is 0.242 e. The number of nitrogens with zero attached hydrogens (tertiary/aromatic N) is 1. The molecule has 0 unspecified atom stereocenters. The number of halogens is 1. The van der Waals surface area contributed by atoms with Gasteiger partial charge >= 0.3 is 0 Å². The Morgan fingerprint density at radius 3 is 2.75 bits per heavy atom. The van der Waals surface area contributed by atoms with Crippen molar-refractivity contribution in [3.8, 4) is 0 Å². The van der Waals surface area contributed by atoms with Crippen LogP contribution in [0.25, 0.3) is 15.7 Å². The molecule has 0 amide bonds. The molecule has 1 aromatic heterocycles. The molecule has 0 aliphatic carbocycles. The molecule has 2 rings (SSSR count). The second-order valence-electron chi connectivity index (χ2n) is 2.44. The maximum Gasteiger partial charge on any atom is 0.242 e. The standard InChI is InChI=1S/C9H5IN2/c1-11-9-8(10)6-4-2-3-5-7(6)12-9/h2-5,12H. The Morgan fingerprint density at radius 1 is 1.33 bits per heavy atom. The lowest BCUT2D eigenvalue weighted by atomic mass is 10.2. The van der Waals surface area contributed by atoms with E-state index < -0.39 is 0 Å². The molecule has 0 radical (unpaired) electrons. The molecular weight excluding hydrogens is 263 g/mol. The summed E-state index contributed by atoms with van der Waals surface area (Å²) in [6.07, 6.45) is 0. The third-order valence-electron chi connectivity index (χ3n) is 1.74. The van der Waals surface area contributed by atoms with Crippen molar-refractivity contribution in [1.82, 2.24) is 4.98 Å². The number of aromatic amines is 1. The van der Waals surface area contributed by atoms with E-state index in [2.05, 4.69) is 32.4 Å². The number of hydrogen-bond acceptors (Lipinski definition) is 0. The Morgan fingerprint density at radius 2 is 2.08 bits per heavy atom. The molecular formula is C9H5IN2. The molecule has 58 valence electrons. The number of benzene rings is 1. The number of nitrogens with one attached hydrogen (secondary N) is 1. The molecule has 3 heteroatoms. The summed E-state index contributed by atoms with van der Waals surface area (Å²) in [4.78, 5) is 6.45. The number of hydrogen-bond donors (Lipinski definition) is 1. The fourth-order valence-electron chi connectivity index (χ4n) is 1.17. The monoisotopic (exact) mass is 268 g/mol. The van der Waals surface area contributed by atoms with Crippen molar-refractivity contribution in [2.24, 2.45) is 0 Å². The molecule has 0 atom stereocenters. The third kappa shape index (κ3) is 0.994. The maximum absolute atomic E-state index is 6.91. The van der Waals surface area contributed by atoms with Crippen LogP contribution in [-0.2, 0) is 0 Å². The molecule has 1 N–H and O–H groups in total. The topological polar surface area (TPSA) is 20.1 Å². The summed E-state index contributed by atoms with van der Waals surface area (Å²) in [5, 5.41) is 1.13. The Kier molecular flexibility index (Phi) is 1.77. The van der Waals surface area contributed by atoms with E-state index in [0.717, 1.165) is 14.5 Å². The summed E-state index contributed by atoms with van der Waals surface area (Å²) >= 11 is 2.19. The van der Waals surface area contributed by atoms with Gasteiger partial charge in [-0.25, -0.2) is 0 Å². The summed E-state index contributed by atoms with van der Waals surface area (Å²) in [6, 6.07) is 7.93. The highest BCUT2D eigenvalue weighted by Crippen LogP contribution is 2.29. The van der Waals surface area contributed by atoms with Crippen LogP contribution in [-0.4, -0.2) is 4.98 Å². The lowest BCUT2D eigenvalue weighted by molar-refractivity contribution is 1.49. The van der Waals surface area contributed by atoms with Gasteiger partial charge in [-0.2, -0.15) is 0 Å². The van der Waals surface area contributed by atoms with Crippen molar-refractivity contribution in [3.05, 3.63) is 39.3 Å². The van der Waals surface area contributed by atoms with Crippen LogP contribution < -0.4 is 0 Å². The van der Waals surface area contributed by atoms with Crippen LogP contribution in [0.2, 0.25) is 0 Å². The number of fused-ring (bicyclic) bond motifs is 1. The molecule has 1 heterocycles. The minimum atomic E-state index is 0.636. The van der Waals surface area contributed by atoms with Crippen LogP contribution in [0.5, 0.6) is 0 Å². The van der Waals surface area contributed by atoms with Gasteiger partial charge in [0.1, 0.15) is 5.52 Å². The van der Waals surface area contributed by atoms with E-state index in [-0.39, 0.29) is 0 Å². The summed E-state index contributed by atoms with van der Waals surface area (Å²) in [5.41, 5.74) is 1.04. The molecule has 0 aliphatic heterocycles. The lowest BCUT2D eigenvalue weighted by Crippen LogP contribution is -1.64. The van der Waals surface area contributed by atoms with Gasteiger partial charge < -0.3 is 9.83 Å². The summed E-state index contributed by atoms with van der Waals surface area (Å²) in [7, 11) is 0. The molecule has 0 fully saturated rings. The van der Waals surface area contributed by atoms with Crippen molar-refractivity contribution in [2.75, 3.05) is 0 Å². The molecule has 1 aromatic carbocycles. The molecule has 12 heavy (non-hydrogen) atoms. The quantitative estimate of drug-likeness (QED) is 0.558. The number of para-hydroxylation sites is 1. The summed E-state index contributed by atoms with van der Waals surface area (Å²) in [6.45, 7) is 6.91. The molecule has 0 aliphatic rings. The molecule has 0 saturated carbocycles. The van der Waals surface area contributed by atoms with E-state index >= 15 is 0 Å².